The van der Waals surface area contributed by atoms with Gasteiger partial charge in [-0.05, 0) is 0 Å². The van der Waals surface area contributed by atoms with Crippen LogP contribution in [-0.2, 0) is 9.05 Å². The highest BCUT2D eigenvalue weighted by Crippen LogP contribution is 2.29. The van der Waals surface area contributed by atoms with Crippen molar-refractivity contribution in [3.63, 3.8) is 0 Å². The largest absolute Gasteiger partial charge is 0.254 e. The zero-order valence-corrected chi connectivity index (χ0v) is 8.49. The van der Waals surface area contributed by atoms with Crippen molar-refractivity contribution >= 4 is 54.5 Å². The van der Waals surface area contributed by atoms with E-state index in [1.54, 1.807) is 0 Å². The monoisotopic (exact) mass is 244 g/mol. The first-order valence-corrected chi connectivity index (χ1v) is 5.88. The SMILES string of the molecule is O=S(=O)(Cl)C(Cl)(CCl)CCl. The van der Waals surface area contributed by atoms with E-state index in [1.165, 1.54) is 0 Å². The lowest BCUT2D eigenvalue weighted by molar-refractivity contribution is 0.597. The molecular formula is C3H4Cl4O2S. The second-order valence-corrected chi connectivity index (χ2v) is 5.95. The van der Waals surface area contributed by atoms with E-state index in [2.05, 4.69) is 0 Å². The van der Waals surface area contributed by atoms with E-state index >= 15 is 0 Å². The first kappa shape index (κ1) is 11.1. The average Bonchev–Trinajstić information content (AvgIpc) is 1.84. The molecule has 62 valence electrons. The van der Waals surface area contributed by atoms with E-state index in [0.717, 1.165) is 0 Å². The molecule has 0 spiro atoms. The Bertz CT molecular complexity index is 195. The minimum absolute atomic E-state index is 0.329. The normalized spacial score (nSPS) is 13.6. The molecule has 2 nitrogen and oxygen atoms in total. The highest BCUT2D eigenvalue weighted by molar-refractivity contribution is 8.15. The third-order valence-electron chi connectivity index (χ3n) is 0.836. The van der Waals surface area contributed by atoms with Gasteiger partial charge in [0.2, 0.25) is 0 Å². The van der Waals surface area contributed by atoms with Crippen LogP contribution in [0.2, 0.25) is 0 Å². The predicted octanol–water partition coefficient (Wildman–Crippen LogP) is 1.97. The fourth-order valence-corrected chi connectivity index (χ4v) is 2.24. The zero-order chi connectivity index (χ0) is 8.41. The molecule has 0 aromatic heterocycles. The van der Waals surface area contributed by atoms with E-state index in [4.69, 9.17) is 45.5 Å². The number of rotatable bonds is 3. The Kier molecular flexibility index (Phi) is 4.08. The van der Waals surface area contributed by atoms with Gasteiger partial charge in [-0.3, -0.25) is 0 Å². The van der Waals surface area contributed by atoms with Crippen LogP contribution in [0.5, 0.6) is 0 Å². The molecule has 0 aliphatic carbocycles. The Hall–Kier alpha value is 1.11. The van der Waals surface area contributed by atoms with E-state index in [-0.39, 0.29) is 11.8 Å². The highest BCUT2D eigenvalue weighted by Gasteiger charge is 2.39. The van der Waals surface area contributed by atoms with Gasteiger partial charge in [-0.25, -0.2) is 8.42 Å². The molecule has 0 aromatic rings. The predicted molar refractivity (Wildman–Crippen MR) is 44.8 cm³/mol. The summed E-state index contributed by atoms with van der Waals surface area (Å²) in [4.78, 5) is 0. The number of halogens is 4. The summed E-state index contributed by atoms with van der Waals surface area (Å²) < 4.78 is 19.4. The Morgan fingerprint density at radius 3 is 1.50 bits per heavy atom. The van der Waals surface area contributed by atoms with Crippen molar-refractivity contribution in [2.75, 3.05) is 11.8 Å². The maximum absolute atomic E-state index is 10.6. The van der Waals surface area contributed by atoms with Gasteiger partial charge in [0.15, 0.2) is 4.21 Å². The molecule has 0 unspecified atom stereocenters. The van der Waals surface area contributed by atoms with E-state index in [9.17, 15) is 8.42 Å². The summed E-state index contributed by atoms with van der Waals surface area (Å²) in [6.45, 7) is 0. The molecule has 0 N–H and O–H groups in total. The second kappa shape index (κ2) is 3.68. The fraction of sp³-hybridized carbons (Fsp3) is 1.00. The number of hydrogen-bond donors (Lipinski definition) is 0. The maximum atomic E-state index is 10.6. The standard InChI is InChI=1S/C3H4Cl4O2S/c4-1-3(6,2-5)10(7,8)9/h1-2H2. The lowest BCUT2D eigenvalue weighted by Crippen LogP contribution is -2.32. The lowest BCUT2D eigenvalue weighted by atomic mass is 10.5. The molecule has 0 rings (SSSR count). The zero-order valence-electron chi connectivity index (χ0n) is 4.65. The van der Waals surface area contributed by atoms with Crippen molar-refractivity contribution < 1.29 is 8.42 Å². The van der Waals surface area contributed by atoms with Crippen LogP contribution in [0.3, 0.4) is 0 Å². The van der Waals surface area contributed by atoms with Crippen LogP contribution in [-0.4, -0.2) is 24.4 Å². The van der Waals surface area contributed by atoms with Gasteiger partial charge in [0.25, 0.3) is 9.05 Å². The van der Waals surface area contributed by atoms with Gasteiger partial charge in [0.1, 0.15) is 0 Å². The van der Waals surface area contributed by atoms with Crippen molar-refractivity contribution in [2.45, 2.75) is 4.21 Å². The van der Waals surface area contributed by atoms with Crippen molar-refractivity contribution in [3.05, 3.63) is 0 Å². The molecule has 7 heteroatoms. The summed E-state index contributed by atoms with van der Waals surface area (Å²) in [7, 11) is 1.02. The van der Waals surface area contributed by atoms with Gasteiger partial charge in [-0.1, -0.05) is 11.6 Å². The van der Waals surface area contributed by atoms with Crippen LogP contribution in [0.1, 0.15) is 0 Å². The fourth-order valence-electron chi connectivity index (χ4n) is 0.166. The van der Waals surface area contributed by atoms with Gasteiger partial charge < -0.3 is 0 Å². The molecule has 0 bridgehead atoms. The molecule has 0 aliphatic heterocycles. The van der Waals surface area contributed by atoms with E-state index < -0.39 is 13.3 Å². The Labute approximate surface area is 78.8 Å². The molecule has 0 amide bonds. The van der Waals surface area contributed by atoms with Crippen molar-refractivity contribution in [1.29, 1.82) is 0 Å². The maximum Gasteiger partial charge on any atom is 0.254 e. The first-order valence-electron chi connectivity index (χ1n) is 2.12. The van der Waals surface area contributed by atoms with Gasteiger partial charge in [-0.15, -0.1) is 23.2 Å². The summed E-state index contributed by atoms with van der Waals surface area (Å²) in [5, 5.41) is 0. The summed E-state index contributed by atoms with van der Waals surface area (Å²) in [6.07, 6.45) is 0. The lowest BCUT2D eigenvalue weighted by Gasteiger charge is -2.15. The summed E-state index contributed by atoms with van der Waals surface area (Å²) in [5.74, 6) is -0.659. The van der Waals surface area contributed by atoms with Gasteiger partial charge in [0.05, 0.1) is 11.8 Å². The van der Waals surface area contributed by atoms with Crippen LogP contribution in [0, 0.1) is 0 Å². The van der Waals surface area contributed by atoms with Crippen LogP contribution in [0.4, 0.5) is 0 Å². The molecule has 0 fully saturated rings. The van der Waals surface area contributed by atoms with Crippen LogP contribution >= 0.6 is 45.5 Å². The average molecular weight is 246 g/mol. The Balaban J connectivity index is 4.68. The van der Waals surface area contributed by atoms with Gasteiger partial charge >= 0.3 is 0 Å². The molecule has 0 atom stereocenters. The molecule has 0 aromatic carbocycles. The minimum Gasteiger partial charge on any atom is -0.210 e. The molecule has 0 heterocycles. The van der Waals surface area contributed by atoms with Crippen LogP contribution in [0.25, 0.3) is 0 Å². The second-order valence-electron chi connectivity index (χ2n) is 1.59. The highest BCUT2D eigenvalue weighted by atomic mass is 35.7. The summed E-state index contributed by atoms with van der Waals surface area (Å²) >= 11 is 15.8. The third kappa shape index (κ3) is 2.31. The first-order chi connectivity index (χ1) is 4.37. The molecule has 10 heavy (non-hydrogen) atoms. The molecule has 0 saturated heterocycles. The van der Waals surface area contributed by atoms with Crippen molar-refractivity contribution in [3.8, 4) is 0 Å². The van der Waals surface area contributed by atoms with Gasteiger partial charge in [-0.2, -0.15) is 0 Å². The van der Waals surface area contributed by atoms with E-state index in [0.29, 0.717) is 0 Å². The minimum atomic E-state index is -3.89. The Morgan fingerprint density at radius 1 is 1.20 bits per heavy atom. The molecular weight excluding hydrogens is 242 g/mol. The topological polar surface area (TPSA) is 34.1 Å². The number of hydrogen-bond acceptors (Lipinski definition) is 2. The van der Waals surface area contributed by atoms with Gasteiger partial charge in [0, 0.05) is 10.7 Å². The number of alkyl halides is 3. The molecule has 0 aliphatic rings. The van der Waals surface area contributed by atoms with Crippen LogP contribution in [0.15, 0.2) is 0 Å². The van der Waals surface area contributed by atoms with Crippen molar-refractivity contribution in [1.82, 2.24) is 0 Å². The Morgan fingerprint density at radius 2 is 1.50 bits per heavy atom. The van der Waals surface area contributed by atoms with Crippen LogP contribution < -0.4 is 0 Å². The van der Waals surface area contributed by atoms with E-state index in [1.807, 2.05) is 0 Å². The smallest absolute Gasteiger partial charge is 0.210 e. The summed E-state index contributed by atoms with van der Waals surface area (Å²) in [6, 6.07) is 0. The molecule has 0 radical (unpaired) electrons. The molecule has 0 saturated carbocycles. The third-order valence-corrected chi connectivity index (χ3v) is 5.50. The summed E-state index contributed by atoms with van der Waals surface area (Å²) in [5.41, 5.74) is 0. The van der Waals surface area contributed by atoms with Crippen molar-refractivity contribution in [2.24, 2.45) is 0 Å². The quantitative estimate of drug-likeness (QED) is 0.563.